The number of anilines is 1. The number of nitrogens with zero attached hydrogens (tertiary/aromatic N) is 2. The number of halogens is 3. The van der Waals surface area contributed by atoms with Gasteiger partial charge in [-0.05, 0) is 31.4 Å². The fourth-order valence-electron chi connectivity index (χ4n) is 2.08. The van der Waals surface area contributed by atoms with Crippen molar-refractivity contribution in [3.05, 3.63) is 24.0 Å². The van der Waals surface area contributed by atoms with Gasteiger partial charge in [-0.25, -0.2) is 0 Å². The summed E-state index contributed by atoms with van der Waals surface area (Å²) in [5.74, 6) is 0. The lowest BCUT2D eigenvalue weighted by molar-refractivity contribution is -0.119. The first-order valence-electron chi connectivity index (χ1n) is 6.98. The molecule has 6 heteroatoms. The number of pyridine rings is 1. The first-order chi connectivity index (χ1) is 9.48. The summed E-state index contributed by atoms with van der Waals surface area (Å²) in [5, 5.41) is 3.32. The van der Waals surface area contributed by atoms with Crippen molar-refractivity contribution in [3.63, 3.8) is 0 Å². The van der Waals surface area contributed by atoms with E-state index in [1.165, 1.54) is 17.7 Å². The first kappa shape index (κ1) is 15.1. The number of alkyl halides is 3. The molecule has 2 rings (SSSR count). The number of hydrogen-bond acceptors (Lipinski definition) is 3. The average Bonchev–Trinajstić information content (AvgIpc) is 3.19. The highest BCUT2D eigenvalue weighted by Crippen LogP contribution is 2.23. The van der Waals surface area contributed by atoms with Crippen LogP contribution in [0.2, 0.25) is 0 Å². The Labute approximate surface area is 117 Å². The van der Waals surface area contributed by atoms with Gasteiger partial charge in [0.05, 0.1) is 5.69 Å². The van der Waals surface area contributed by atoms with E-state index < -0.39 is 12.7 Å². The van der Waals surface area contributed by atoms with Crippen LogP contribution in [-0.4, -0.2) is 30.3 Å². The van der Waals surface area contributed by atoms with Gasteiger partial charge >= 0.3 is 6.18 Å². The monoisotopic (exact) mass is 287 g/mol. The van der Waals surface area contributed by atoms with Crippen LogP contribution in [0.3, 0.4) is 0 Å². The minimum absolute atomic E-state index is 0.388. The van der Waals surface area contributed by atoms with E-state index in [0.29, 0.717) is 31.2 Å². The van der Waals surface area contributed by atoms with Crippen LogP contribution in [0.4, 0.5) is 18.9 Å². The molecule has 0 unspecified atom stereocenters. The second-order valence-corrected chi connectivity index (χ2v) is 5.20. The standard InChI is InChI=1S/C14H20F3N3/c1-2-7-20(10-14(15,16)17)13-5-6-18-12(8-13)9-19-11-3-4-11/h5-6,8,11,19H,2-4,7,9-10H2,1H3. The Hall–Kier alpha value is -1.30. The molecule has 1 heterocycles. The molecule has 0 radical (unpaired) electrons. The number of hydrogen-bond donors (Lipinski definition) is 1. The second-order valence-electron chi connectivity index (χ2n) is 5.20. The summed E-state index contributed by atoms with van der Waals surface area (Å²) in [6, 6.07) is 3.95. The molecule has 0 saturated heterocycles. The van der Waals surface area contributed by atoms with Gasteiger partial charge in [0, 0.05) is 31.0 Å². The van der Waals surface area contributed by atoms with E-state index in [9.17, 15) is 13.2 Å². The maximum Gasteiger partial charge on any atom is 0.405 e. The Balaban J connectivity index is 2.04. The summed E-state index contributed by atoms with van der Waals surface area (Å²) in [6.07, 6.45) is 0.419. The van der Waals surface area contributed by atoms with Gasteiger partial charge in [-0.2, -0.15) is 13.2 Å². The highest BCUT2D eigenvalue weighted by atomic mass is 19.4. The third kappa shape index (κ3) is 5.00. The molecule has 1 aromatic heterocycles. The average molecular weight is 287 g/mol. The summed E-state index contributed by atoms with van der Waals surface area (Å²) in [6.45, 7) is 1.96. The largest absolute Gasteiger partial charge is 0.405 e. The molecular weight excluding hydrogens is 267 g/mol. The van der Waals surface area contributed by atoms with Gasteiger partial charge in [-0.1, -0.05) is 6.92 Å². The lowest BCUT2D eigenvalue weighted by Crippen LogP contribution is -2.35. The van der Waals surface area contributed by atoms with Crippen LogP contribution in [-0.2, 0) is 6.54 Å². The molecule has 0 aromatic carbocycles. The molecule has 0 spiro atoms. The summed E-state index contributed by atoms with van der Waals surface area (Å²) in [4.78, 5) is 5.57. The van der Waals surface area contributed by atoms with Crippen LogP contribution in [0.5, 0.6) is 0 Å². The highest BCUT2D eigenvalue weighted by molar-refractivity contribution is 5.46. The molecular formula is C14H20F3N3. The molecule has 1 N–H and O–H groups in total. The first-order valence-corrected chi connectivity index (χ1v) is 6.98. The zero-order valence-electron chi connectivity index (χ0n) is 11.6. The highest BCUT2D eigenvalue weighted by Gasteiger charge is 2.30. The molecule has 0 amide bonds. The zero-order chi connectivity index (χ0) is 14.6. The van der Waals surface area contributed by atoms with Gasteiger partial charge in [0.2, 0.25) is 0 Å². The number of rotatable bonds is 7. The summed E-state index contributed by atoms with van der Waals surface area (Å²) >= 11 is 0. The van der Waals surface area contributed by atoms with Crippen LogP contribution >= 0.6 is 0 Å². The predicted octanol–water partition coefficient (Wildman–Crippen LogP) is 3.11. The van der Waals surface area contributed by atoms with Crippen molar-refractivity contribution in [1.29, 1.82) is 0 Å². The quantitative estimate of drug-likeness (QED) is 0.835. The summed E-state index contributed by atoms with van der Waals surface area (Å²) in [7, 11) is 0. The van der Waals surface area contributed by atoms with Gasteiger partial charge in [-0.3, -0.25) is 4.98 Å². The van der Waals surface area contributed by atoms with Crippen molar-refractivity contribution in [2.45, 2.75) is 44.9 Å². The molecule has 20 heavy (non-hydrogen) atoms. The third-order valence-corrected chi connectivity index (χ3v) is 3.18. The van der Waals surface area contributed by atoms with E-state index in [-0.39, 0.29) is 0 Å². The Morgan fingerprint density at radius 1 is 1.40 bits per heavy atom. The molecule has 3 nitrogen and oxygen atoms in total. The minimum Gasteiger partial charge on any atom is -0.362 e. The molecule has 1 aliphatic rings. The Morgan fingerprint density at radius 3 is 2.75 bits per heavy atom. The van der Waals surface area contributed by atoms with Gasteiger partial charge in [0.15, 0.2) is 0 Å². The molecule has 1 saturated carbocycles. The maximum absolute atomic E-state index is 12.6. The van der Waals surface area contributed by atoms with E-state index in [2.05, 4.69) is 10.3 Å². The van der Waals surface area contributed by atoms with Crippen molar-refractivity contribution >= 4 is 5.69 Å². The van der Waals surface area contributed by atoms with Crippen molar-refractivity contribution in [2.24, 2.45) is 0 Å². The van der Waals surface area contributed by atoms with Crippen molar-refractivity contribution in [1.82, 2.24) is 10.3 Å². The summed E-state index contributed by atoms with van der Waals surface area (Å²) < 4.78 is 37.8. The van der Waals surface area contributed by atoms with Crippen LogP contribution in [0, 0.1) is 0 Å². The van der Waals surface area contributed by atoms with Gasteiger partial charge in [0.25, 0.3) is 0 Å². The fourth-order valence-corrected chi connectivity index (χ4v) is 2.08. The normalized spacial score (nSPS) is 15.4. The smallest absolute Gasteiger partial charge is 0.362 e. The molecule has 1 aliphatic carbocycles. The predicted molar refractivity (Wildman–Crippen MR) is 72.7 cm³/mol. The van der Waals surface area contributed by atoms with Gasteiger partial charge < -0.3 is 10.2 Å². The van der Waals surface area contributed by atoms with Crippen LogP contribution in [0.1, 0.15) is 31.9 Å². The Kier molecular flexibility index (Phi) is 4.86. The van der Waals surface area contributed by atoms with Gasteiger partial charge in [-0.15, -0.1) is 0 Å². The van der Waals surface area contributed by atoms with Crippen LogP contribution in [0.15, 0.2) is 18.3 Å². The van der Waals surface area contributed by atoms with E-state index in [4.69, 9.17) is 0 Å². The third-order valence-electron chi connectivity index (χ3n) is 3.18. The maximum atomic E-state index is 12.6. The van der Waals surface area contributed by atoms with Crippen molar-refractivity contribution in [3.8, 4) is 0 Å². The van der Waals surface area contributed by atoms with E-state index in [1.807, 2.05) is 6.92 Å². The van der Waals surface area contributed by atoms with E-state index in [1.54, 1.807) is 18.3 Å². The molecule has 0 bridgehead atoms. The molecule has 0 atom stereocenters. The number of nitrogens with one attached hydrogen (secondary N) is 1. The Morgan fingerprint density at radius 2 is 2.15 bits per heavy atom. The lowest BCUT2D eigenvalue weighted by atomic mass is 10.2. The van der Waals surface area contributed by atoms with Crippen molar-refractivity contribution in [2.75, 3.05) is 18.0 Å². The van der Waals surface area contributed by atoms with Crippen LogP contribution in [0.25, 0.3) is 0 Å². The lowest BCUT2D eigenvalue weighted by Gasteiger charge is -2.25. The fraction of sp³-hybridized carbons (Fsp3) is 0.643. The number of aromatic nitrogens is 1. The molecule has 0 aliphatic heterocycles. The SMILES string of the molecule is CCCN(CC(F)(F)F)c1ccnc(CNC2CC2)c1. The van der Waals surface area contributed by atoms with Crippen molar-refractivity contribution < 1.29 is 13.2 Å². The van der Waals surface area contributed by atoms with E-state index in [0.717, 1.165) is 5.69 Å². The minimum atomic E-state index is -4.19. The molecule has 112 valence electrons. The van der Waals surface area contributed by atoms with Crippen LogP contribution < -0.4 is 10.2 Å². The van der Waals surface area contributed by atoms with Gasteiger partial charge in [0.1, 0.15) is 6.54 Å². The zero-order valence-corrected chi connectivity index (χ0v) is 11.6. The molecule has 1 fully saturated rings. The summed E-state index contributed by atoms with van der Waals surface area (Å²) in [5.41, 5.74) is 1.38. The van der Waals surface area contributed by atoms with E-state index >= 15 is 0 Å². The Bertz CT molecular complexity index is 430. The topological polar surface area (TPSA) is 28.2 Å². The second kappa shape index (κ2) is 6.43. The molecule has 1 aromatic rings.